The molecule has 0 bridgehead atoms. The van der Waals surface area contributed by atoms with Crippen LogP contribution >= 0.6 is 0 Å². The second-order valence-corrected chi connectivity index (χ2v) is 4.92. The van der Waals surface area contributed by atoms with E-state index in [9.17, 15) is 4.79 Å². The molecule has 110 valence electrons. The molecule has 20 heavy (non-hydrogen) atoms. The first-order valence-corrected chi connectivity index (χ1v) is 7.25. The van der Waals surface area contributed by atoms with E-state index in [0.29, 0.717) is 0 Å². The Labute approximate surface area is 121 Å². The fraction of sp³-hybridized carbons (Fsp3) is 0.471. The van der Waals surface area contributed by atoms with Crippen molar-refractivity contribution >= 4 is 11.5 Å². The van der Waals surface area contributed by atoms with Crippen molar-refractivity contribution in [1.29, 1.82) is 0 Å². The number of ether oxygens (including phenoxy) is 1. The number of allylic oxidation sites excluding steroid dienone is 1. The SMILES string of the molecule is CCCCCCOc1ccc(/C(C)=C/CC(=O)O)cc1. The fourth-order valence-electron chi connectivity index (χ4n) is 1.89. The third kappa shape index (κ3) is 6.41. The van der Waals surface area contributed by atoms with Gasteiger partial charge in [-0.3, -0.25) is 4.79 Å². The van der Waals surface area contributed by atoms with Crippen molar-refractivity contribution in [3.8, 4) is 5.75 Å². The first-order valence-electron chi connectivity index (χ1n) is 7.25. The van der Waals surface area contributed by atoms with E-state index < -0.39 is 5.97 Å². The first kappa shape index (κ1) is 16.3. The lowest BCUT2D eigenvalue weighted by Gasteiger charge is -2.07. The van der Waals surface area contributed by atoms with Gasteiger partial charge >= 0.3 is 5.97 Å². The molecule has 3 heteroatoms. The standard InChI is InChI=1S/C17H24O3/c1-3-4-5-6-13-20-16-10-8-15(9-11-16)14(2)7-12-17(18)19/h7-11H,3-6,12-13H2,1-2H3,(H,18,19)/b14-7+. The summed E-state index contributed by atoms with van der Waals surface area (Å²) in [5, 5.41) is 8.65. The van der Waals surface area contributed by atoms with Crippen molar-refractivity contribution in [3.05, 3.63) is 35.9 Å². The largest absolute Gasteiger partial charge is 0.494 e. The maximum Gasteiger partial charge on any atom is 0.307 e. The summed E-state index contributed by atoms with van der Waals surface area (Å²) in [6.07, 6.45) is 6.58. The first-order chi connectivity index (χ1) is 9.63. The second-order valence-electron chi connectivity index (χ2n) is 4.92. The van der Waals surface area contributed by atoms with Crippen molar-refractivity contribution in [3.63, 3.8) is 0 Å². The van der Waals surface area contributed by atoms with Crippen LogP contribution in [0, 0.1) is 0 Å². The van der Waals surface area contributed by atoms with Gasteiger partial charge in [-0.1, -0.05) is 44.4 Å². The number of carboxylic acids is 1. The summed E-state index contributed by atoms with van der Waals surface area (Å²) in [6, 6.07) is 7.81. The lowest BCUT2D eigenvalue weighted by molar-refractivity contribution is -0.135. The van der Waals surface area contributed by atoms with Gasteiger partial charge in [0.1, 0.15) is 5.75 Å². The van der Waals surface area contributed by atoms with Crippen molar-refractivity contribution in [2.45, 2.75) is 46.0 Å². The van der Waals surface area contributed by atoms with E-state index in [0.717, 1.165) is 29.9 Å². The quantitative estimate of drug-likeness (QED) is 0.674. The molecule has 0 aliphatic carbocycles. The van der Waals surface area contributed by atoms with Crippen molar-refractivity contribution in [2.75, 3.05) is 6.61 Å². The van der Waals surface area contributed by atoms with Gasteiger partial charge in [-0.15, -0.1) is 0 Å². The molecule has 1 rings (SSSR count). The Morgan fingerprint density at radius 1 is 1.20 bits per heavy atom. The van der Waals surface area contributed by atoms with E-state index in [1.54, 1.807) is 6.08 Å². The summed E-state index contributed by atoms with van der Waals surface area (Å²) in [6.45, 7) is 4.87. The van der Waals surface area contributed by atoms with Gasteiger partial charge in [0.05, 0.1) is 13.0 Å². The Morgan fingerprint density at radius 2 is 1.90 bits per heavy atom. The summed E-state index contributed by atoms with van der Waals surface area (Å²) in [7, 11) is 0. The number of rotatable bonds is 9. The zero-order valence-electron chi connectivity index (χ0n) is 12.4. The van der Waals surface area contributed by atoms with Gasteiger partial charge in [-0.05, 0) is 36.6 Å². The van der Waals surface area contributed by atoms with Crippen LogP contribution in [-0.2, 0) is 4.79 Å². The van der Waals surface area contributed by atoms with Crippen molar-refractivity contribution in [2.24, 2.45) is 0 Å². The Balaban J connectivity index is 2.43. The molecule has 0 aromatic heterocycles. The van der Waals surface area contributed by atoms with Gasteiger partial charge in [0, 0.05) is 0 Å². The van der Waals surface area contributed by atoms with Crippen LogP contribution in [0.5, 0.6) is 5.75 Å². The van der Waals surface area contributed by atoms with Gasteiger partial charge in [-0.25, -0.2) is 0 Å². The van der Waals surface area contributed by atoms with E-state index in [-0.39, 0.29) is 6.42 Å². The molecule has 0 amide bonds. The molecule has 0 unspecified atom stereocenters. The minimum absolute atomic E-state index is 0.0571. The van der Waals surface area contributed by atoms with Crippen LogP contribution in [-0.4, -0.2) is 17.7 Å². The normalized spacial score (nSPS) is 11.4. The predicted octanol–water partition coefficient (Wildman–Crippen LogP) is 4.52. The summed E-state index contributed by atoms with van der Waals surface area (Å²) >= 11 is 0. The summed E-state index contributed by atoms with van der Waals surface area (Å²) in [4.78, 5) is 10.5. The van der Waals surface area contributed by atoms with E-state index in [2.05, 4.69) is 6.92 Å². The molecular weight excluding hydrogens is 252 g/mol. The highest BCUT2D eigenvalue weighted by Crippen LogP contribution is 2.19. The van der Waals surface area contributed by atoms with E-state index >= 15 is 0 Å². The van der Waals surface area contributed by atoms with Gasteiger partial charge in [-0.2, -0.15) is 0 Å². The van der Waals surface area contributed by atoms with Crippen molar-refractivity contribution < 1.29 is 14.6 Å². The minimum atomic E-state index is -0.809. The molecule has 0 aliphatic rings. The highest BCUT2D eigenvalue weighted by Gasteiger charge is 1.99. The highest BCUT2D eigenvalue weighted by atomic mass is 16.5. The zero-order chi connectivity index (χ0) is 14.8. The van der Waals surface area contributed by atoms with Crippen LogP contribution in [0.25, 0.3) is 5.57 Å². The van der Waals surface area contributed by atoms with E-state index in [1.165, 1.54) is 19.3 Å². The second kappa shape index (κ2) is 9.18. The fourth-order valence-corrected chi connectivity index (χ4v) is 1.89. The van der Waals surface area contributed by atoms with Crippen LogP contribution in [0.2, 0.25) is 0 Å². The van der Waals surface area contributed by atoms with Gasteiger partial charge < -0.3 is 9.84 Å². The molecule has 0 saturated heterocycles. The molecule has 0 radical (unpaired) electrons. The molecular formula is C17H24O3. The Bertz CT molecular complexity index is 432. The highest BCUT2D eigenvalue weighted by molar-refractivity contribution is 5.73. The predicted molar refractivity (Wildman–Crippen MR) is 82.0 cm³/mol. The monoisotopic (exact) mass is 276 g/mol. The number of aliphatic carboxylic acids is 1. The number of unbranched alkanes of at least 4 members (excludes halogenated alkanes) is 3. The summed E-state index contributed by atoms with van der Waals surface area (Å²) in [5.74, 6) is 0.0627. The van der Waals surface area contributed by atoms with Crippen LogP contribution in [0.4, 0.5) is 0 Å². The Morgan fingerprint density at radius 3 is 2.50 bits per heavy atom. The van der Waals surface area contributed by atoms with Crippen LogP contribution in [0.15, 0.2) is 30.3 Å². The van der Waals surface area contributed by atoms with Crippen molar-refractivity contribution in [1.82, 2.24) is 0 Å². The maximum atomic E-state index is 10.5. The topological polar surface area (TPSA) is 46.5 Å². The maximum absolute atomic E-state index is 10.5. The lowest BCUT2D eigenvalue weighted by atomic mass is 10.1. The third-order valence-corrected chi connectivity index (χ3v) is 3.16. The number of carboxylic acid groups (broad SMARTS) is 1. The molecule has 3 nitrogen and oxygen atoms in total. The number of carbonyl (C=O) groups is 1. The van der Waals surface area contributed by atoms with Gasteiger partial charge in [0.2, 0.25) is 0 Å². The molecule has 0 spiro atoms. The molecule has 0 aliphatic heterocycles. The lowest BCUT2D eigenvalue weighted by Crippen LogP contribution is -1.97. The molecule has 1 N–H and O–H groups in total. The molecule has 1 aromatic rings. The number of benzene rings is 1. The van der Waals surface area contributed by atoms with E-state index in [1.807, 2.05) is 31.2 Å². The number of hydrogen-bond acceptors (Lipinski definition) is 2. The molecule has 0 atom stereocenters. The summed E-state index contributed by atoms with van der Waals surface area (Å²) in [5.41, 5.74) is 2.01. The molecule has 0 heterocycles. The average Bonchev–Trinajstić information content (AvgIpc) is 2.45. The van der Waals surface area contributed by atoms with Crippen LogP contribution < -0.4 is 4.74 Å². The molecule has 1 aromatic carbocycles. The van der Waals surface area contributed by atoms with E-state index in [4.69, 9.17) is 9.84 Å². The van der Waals surface area contributed by atoms with Crippen LogP contribution in [0.1, 0.15) is 51.5 Å². The smallest absolute Gasteiger partial charge is 0.307 e. The zero-order valence-corrected chi connectivity index (χ0v) is 12.4. The molecule has 0 saturated carbocycles. The Hall–Kier alpha value is -1.77. The minimum Gasteiger partial charge on any atom is -0.494 e. The van der Waals surface area contributed by atoms with Crippen LogP contribution in [0.3, 0.4) is 0 Å². The van der Waals surface area contributed by atoms with Gasteiger partial charge in [0.15, 0.2) is 0 Å². The summed E-state index contributed by atoms with van der Waals surface area (Å²) < 4.78 is 5.67. The average molecular weight is 276 g/mol. The number of hydrogen-bond donors (Lipinski definition) is 1. The van der Waals surface area contributed by atoms with Gasteiger partial charge in [0.25, 0.3) is 0 Å². The molecule has 0 fully saturated rings. The third-order valence-electron chi connectivity index (χ3n) is 3.16. The Kier molecular flexibility index (Phi) is 7.48.